The number of ether oxygens (including phenoxy) is 2. The molecule has 0 atom stereocenters. The third-order valence-electron chi connectivity index (χ3n) is 5.07. The molecule has 1 amide bonds. The smallest absolute Gasteiger partial charge is 0.315 e. The molecule has 166 valence electrons. The van der Waals surface area contributed by atoms with Crippen LogP contribution < -0.4 is 15.2 Å². The second-order valence-corrected chi connectivity index (χ2v) is 7.11. The first-order chi connectivity index (χ1) is 15.8. The number of carbonyl (C=O) groups excluding carboxylic acids is 1. The van der Waals surface area contributed by atoms with Gasteiger partial charge in [0, 0.05) is 6.07 Å². The molecule has 0 spiro atoms. The van der Waals surface area contributed by atoms with E-state index in [-0.39, 0.29) is 34.9 Å². The van der Waals surface area contributed by atoms with E-state index in [0.717, 1.165) is 28.3 Å². The Kier molecular flexibility index (Phi) is 7.06. The average Bonchev–Trinajstić information content (AvgIpc) is 2.82. The third-order valence-corrected chi connectivity index (χ3v) is 5.07. The zero-order chi connectivity index (χ0) is 24.0. The minimum absolute atomic E-state index is 0.0539. The van der Waals surface area contributed by atoms with Crippen molar-refractivity contribution in [3.63, 3.8) is 0 Å². The zero-order valence-electron chi connectivity index (χ0n) is 18.1. The third kappa shape index (κ3) is 5.17. The van der Waals surface area contributed by atoms with Gasteiger partial charge in [0.2, 0.25) is 5.75 Å². The SMILES string of the molecule is COc1cc(C=C(C#N)C(N)=O)cc([N+](=O)[O-])c1OCc1cccc(-c2ccccc2)c1C. The van der Waals surface area contributed by atoms with Crippen LogP contribution in [0.2, 0.25) is 0 Å². The number of nitro benzene ring substituents is 1. The highest BCUT2D eigenvalue weighted by Gasteiger charge is 2.23. The summed E-state index contributed by atoms with van der Waals surface area (Å²) in [7, 11) is 1.35. The molecule has 0 saturated heterocycles. The van der Waals surface area contributed by atoms with Gasteiger partial charge < -0.3 is 15.2 Å². The van der Waals surface area contributed by atoms with Crippen molar-refractivity contribution in [2.24, 2.45) is 5.73 Å². The van der Waals surface area contributed by atoms with Gasteiger partial charge in [-0.05, 0) is 46.9 Å². The summed E-state index contributed by atoms with van der Waals surface area (Å²) in [6.45, 7) is 2.04. The summed E-state index contributed by atoms with van der Waals surface area (Å²) in [6, 6.07) is 20.0. The summed E-state index contributed by atoms with van der Waals surface area (Å²) in [4.78, 5) is 22.5. The van der Waals surface area contributed by atoms with E-state index in [1.165, 1.54) is 19.2 Å². The van der Waals surface area contributed by atoms with Gasteiger partial charge in [0.05, 0.1) is 12.0 Å². The van der Waals surface area contributed by atoms with Gasteiger partial charge in [-0.2, -0.15) is 5.26 Å². The van der Waals surface area contributed by atoms with Gasteiger partial charge in [0.15, 0.2) is 5.75 Å². The first-order valence-corrected chi connectivity index (χ1v) is 9.90. The maximum absolute atomic E-state index is 11.7. The normalized spacial score (nSPS) is 10.9. The molecule has 0 unspecified atom stereocenters. The Labute approximate surface area is 190 Å². The van der Waals surface area contributed by atoms with Crippen molar-refractivity contribution in [3.8, 4) is 28.7 Å². The average molecular weight is 443 g/mol. The predicted molar refractivity (Wildman–Crippen MR) is 123 cm³/mol. The molecule has 3 rings (SSSR count). The van der Waals surface area contributed by atoms with Gasteiger partial charge in [0.25, 0.3) is 5.91 Å². The second kappa shape index (κ2) is 10.1. The highest BCUT2D eigenvalue weighted by molar-refractivity contribution is 6.00. The van der Waals surface area contributed by atoms with E-state index in [1.807, 2.05) is 55.5 Å². The maximum atomic E-state index is 11.7. The van der Waals surface area contributed by atoms with E-state index < -0.39 is 10.8 Å². The topological polar surface area (TPSA) is 128 Å². The van der Waals surface area contributed by atoms with Crippen molar-refractivity contribution in [2.75, 3.05) is 7.11 Å². The van der Waals surface area contributed by atoms with Crippen molar-refractivity contribution in [3.05, 3.63) is 93.0 Å². The van der Waals surface area contributed by atoms with Gasteiger partial charge in [-0.15, -0.1) is 0 Å². The van der Waals surface area contributed by atoms with Crippen LogP contribution in [-0.4, -0.2) is 17.9 Å². The summed E-state index contributed by atoms with van der Waals surface area (Å²) in [5.41, 5.74) is 8.60. The molecule has 0 fully saturated rings. The monoisotopic (exact) mass is 443 g/mol. The van der Waals surface area contributed by atoms with Crippen LogP contribution in [0.25, 0.3) is 17.2 Å². The number of nitro groups is 1. The number of methoxy groups -OCH3 is 1. The Bertz CT molecular complexity index is 1280. The molecule has 0 radical (unpaired) electrons. The van der Waals surface area contributed by atoms with E-state index in [4.69, 9.17) is 20.5 Å². The van der Waals surface area contributed by atoms with Gasteiger partial charge in [0.1, 0.15) is 18.2 Å². The Morgan fingerprint density at radius 3 is 2.52 bits per heavy atom. The fourth-order valence-corrected chi connectivity index (χ4v) is 3.37. The molecule has 3 aromatic rings. The van der Waals surface area contributed by atoms with Crippen LogP contribution in [0.15, 0.2) is 66.2 Å². The molecule has 0 bridgehead atoms. The van der Waals surface area contributed by atoms with E-state index >= 15 is 0 Å². The molecule has 0 heterocycles. The first kappa shape index (κ1) is 23.0. The Morgan fingerprint density at radius 2 is 1.91 bits per heavy atom. The number of nitriles is 1. The minimum Gasteiger partial charge on any atom is -0.493 e. The molecule has 8 heteroatoms. The number of hydrogen-bond donors (Lipinski definition) is 1. The highest BCUT2D eigenvalue weighted by Crippen LogP contribution is 2.39. The minimum atomic E-state index is -0.937. The summed E-state index contributed by atoms with van der Waals surface area (Å²) in [6.07, 6.45) is 1.16. The Hall–Kier alpha value is -4.64. The van der Waals surface area contributed by atoms with Crippen LogP contribution in [0.3, 0.4) is 0 Å². The van der Waals surface area contributed by atoms with Gasteiger partial charge in [-0.25, -0.2) is 0 Å². The lowest BCUT2D eigenvalue weighted by Crippen LogP contribution is -2.12. The summed E-state index contributed by atoms with van der Waals surface area (Å²) in [5, 5.41) is 20.8. The lowest BCUT2D eigenvalue weighted by Gasteiger charge is -2.15. The zero-order valence-corrected chi connectivity index (χ0v) is 18.1. The highest BCUT2D eigenvalue weighted by atomic mass is 16.6. The first-order valence-electron chi connectivity index (χ1n) is 9.90. The van der Waals surface area contributed by atoms with Crippen LogP contribution >= 0.6 is 0 Å². The van der Waals surface area contributed by atoms with Gasteiger partial charge in [-0.1, -0.05) is 48.5 Å². The molecule has 0 aliphatic heterocycles. The Balaban J connectivity index is 1.99. The molecular formula is C25H21N3O5. The second-order valence-electron chi connectivity index (χ2n) is 7.11. The van der Waals surface area contributed by atoms with E-state index in [1.54, 1.807) is 6.07 Å². The van der Waals surface area contributed by atoms with E-state index in [0.29, 0.717) is 0 Å². The number of rotatable bonds is 8. The molecular weight excluding hydrogens is 422 g/mol. The number of primary amides is 1. The maximum Gasteiger partial charge on any atom is 0.315 e. The van der Waals surface area contributed by atoms with Crippen LogP contribution in [0.4, 0.5) is 5.69 Å². The van der Waals surface area contributed by atoms with Crippen molar-refractivity contribution in [2.45, 2.75) is 13.5 Å². The number of amides is 1. The van der Waals surface area contributed by atoms with Crippen LogP contribution in [0.5, 0.6) is 11.5 Å². The van der Waals surface area contributed by atoms with Crippen molar-refractivity contribution < 1.29 is 19.2 Å². The van der Waals surface area contributed by atoms with Crippen LogP contribution in [0.1, 0.15) is 16.7 Å². The summed E-state index contributed by atoms with van der Waals surface area (Å²) < 4.78 is 11.2. The number of nitrogens with two attached hydrogens (primary N) is 1. The fourth-order valence-electron chi connectivity index (χ4n) is 3.37. The number of carbonyl (C=O) groups is 1. The molecule has 8 nitrogen and oxygen atoms in total. The van der Waals surface area contributed by atoms with Crippen LogP contribution in [-0.2, 0) is 11.4 Å². The van der Waals surface area contributed by atoms with Crippen molar-refractivity contribution in [1.82, 2.24) is 0 Å². The van der Waals surface area contributed by atoms with Crippen molar-refractivity contribution in [1.29, 1.82) is 5.26 Å². The number of benzene rings is 3. The van der Waals surface area contributed by atoms with E-state index in [2.05, 4.69) is 0 Å². The molecule has 3 aromatic carbocycles. The number of hydrogen-bond acceptors (Lipinski definition) is 6. The molecule has 0 aliphatic rings. The van der Waals surface area contributed by atoms with Gasteiger partial charge in [-0.3, -0.25) is 14.9 Å². The quantitative estimate of drug-likeness (QED) is 0.235. The predicted octanol–water partition coefficient (Wildman–Crippen LogP) is 4.55. The molecule has 0 aliphatic carbocycles. The molecule has 2 N–H and O–H groups in total. The van der Waals surface area contributed by atoms with Crippen LogP contribution in [0, 0.1) is 28.4 Å². The largest absolute Gasteiger partial charge is 0.493 e. The standard InChI is InChI=1S/C25H21N3O5/c1-16-19(9-6-10-21(16)18-7-4-3-5-8-18)15-33-24-22(28(30)31)12-17(13-23(24)32-2)11-20(14-26)25(27)29/h3-13H,15H2,1-2H3,(H2,27,29). The lowest BCUT2D eigenvalue weighted by atomic mass is 9.97. The van der Waals surface area contributed by atoms with Gasteiger partial charge >= 0.3 is 5.69 Å². The molecule has 0 saturated carbocycles. The number of nitrogens with zero attached hydrogens (tertiary/aromatic N) is 2. The fraction of sp³-hybridized carbons (Fsp3) is 0.120. The molecule has 33 heavy (non-hydrogen) atoms. The summed E-state index contributed by atoms with van der Waals surface area (Å²) in [5.74, 6) is -0.899. The Morgan fingerprint density at radius 1 is 1.18 bits per heavy atom. The van der Waals surface area contributed by atoms with Crippen molar-refractivity contribution >= 4 is 17.7 Å². The summed E-state index contributed by atoms with van der Waals surface area (Å²) >= 11 is 0. The lowest BCUT2D eigenvalue weighted by molar-refractivity contribution is -0.386. The molecule has 0 aromatic heterocycles. The van der Waals surface area contributed by atoms with E-state index in [9.17, 15) is 14.9 Å².